The summed E-state index contributed by atoms with van der Waals surface area (Å²) in [6, 6.07) is 20.0. The third-order valence-corrected chi connectivity index (χ3v) is 8.39. The lowest BCUT2D eigenvalue weighted by molar-refractivity contribution is -0.136. The zero-order valence-electron chi connectivity index (χ0n) is 19.7. The molecule has 1 N–H and O–H groups in total. The van der Waals surface area contributed by atoms with E-state index in [1.165, 1.54) is 22.3 Å². The fourth-order valence-corrected chi connectivity index (χ4v) is 5.77. The van der Waals surface area contributed by atoms with Crippen LogP contribution in [-0.2, 0) is 21.2 Å². The molecule has 0 saturated heterocycles. The Morgan fingerprint density at radius 1 is 0.921 bits per heavy atom. The van der Waals surface area contributed by atoms with Crippen LogP contribution in [-0.4, -0.2) is 28.5 Å². The number of carboxylic acid groups (broad SMARTS) is 1. The van der Waals surface area contributed by atoms with Crippen molar-refractivity contribution in [3.05, 3.63) is 107 Å². The molecule has 2 aromatic heterocycles. The second kappa shape index (κ2) is 10.5. The minimum atomic E-state index is -4.00. The van der Waals surface area contributed by atoms with E-state index in [2.05, 4.69) is 4.98 Å². The number of aryl methyl sites for hydroxylation is 1. The molecule has 0 amide bonds. The molecule has 10 heteroatoms. The smallest absolute Gasteiger partial charge is 0.303 e. The first-order valence-electron chi connectivity index (χ1n) is 11.5. The highest BCUT2D eigenvalue weighted by Gasteiger charge is 2.22. The average molecular weight is 567 g/mol. The molecule has 0 radical (unpaired) electrons. The van der Waals surface area contributed by atoms with Gasteiger partial charge in [0.1, 0.15) is 11.5 Å². The van der Waals surface area contributed by atoms with Crippen molar-refractivity contribution in [3.8, 4) is 22.6 Å². The first-order chi connectivity index (χ1) is 18.2. The van der Waals surface area contributed by atoms with Crippen LogP contribution < -0.4 is 4.74 Å². The lowest BCUT2D eigenvalue weighted by atomic mass is 10.0. The van der Waals surface area contributed by atoms with Gasteiger partial charge in [-0.25, -0.2) is 12.4 Å². The van der Waals surface area contributed by atoms with Crippen LogP contribution in [0.15, 0.2) is 96.3 Å². The maximum Gasteiger partial charge on any atom is 0.303 e. The van der Waals surface area contributed by atoms with Crippen molar-refractivity contribution in [1.82, 2.24) is 8.96 Å². The highest BCUT2D eigenvalue weighted by Crippen LogP contribution is 2.33. The molecule has 192 valence electrons. The van der Waals surface area contributed by atoms with Gasteiger partial charge in [0, 0.05) is 42.0 Å². The van der Waals surface area contributed by atoms with Crippen molar-refractivity contribution in [2.45, 2.75) is 17.7 Å². The number of nitrogens with zero attached hydrogens (tertiary/aromatic N) is 2. The van der Waals surface area contributed by atoms with Crippen molar-refractivity contribution >= 4 is 50.1 Å². The Balaban J connectivity index is 1.51. The molecule has 0 aliphatic heterocycles. The third kappa shape index (κ3) is 5.24. The number of pyridine rings is 1. The average Bonchev–Trinajstić information content (AvgIpc) is 3.29. The molecule has 0 fully saturated rings. The quantitative estimate of drug-likeness (QED) is 0.216. The van der Waals surface area contributed by atoms with E-state index < -0.39 is 16.0 Å². The maximum atomic E-state index is 13.7. The Labute approximate surface area is 228 Å². The van der Waals surface area contributed by atoms with Crippen molar-refractivity contribution in [2.24, 2.45) is 0 Å². The van der Waals surface area contributed by atoms with Gasteiger partial charge in [0.15, 0.2) is 0 Å². The van der Waals surface area contributed by atoms with E-state index in [1.807, 2.05) is 24.3 Å². The summed E-state index contributed by atoms with van der Waals surface area (Å²) >= 11 is 12.0. The fraction of sp³-hybridized carbons (Fsp3) is 0.0714. The number of hydrogen-bond acceptors (Lipinski definition) is 5. The zero-order chi connectivity index (χ0) is 26.9. The van der Waals surface area contributed by atoms with Gasteiger partial charge in [-0.15, -0.1) is 0 Å². The number of halogens is 2. The Bertz CT molecular complexity index is 1750. The summed E-state index contributed by atoms with van der Waals surface area (Å²) in [5, 5.41) is 10.6. The van der Waals surface area contributed by atoms with E-state index in [4.69, 9.17) is 27.9 Å². The van der Waals surface area contributed by atoms with E-state index >= 15 is 0 Å². The highest BCUT2D eigenvalue weighted by molar-refractivity contribution is 7.90. The van der Waals surface area contributed by atoms with E-state index in [1.54, 1.807) is 48.8 Å². The van der Waals surface area contributed by atoms with E-state index in [9.17, 15) is 18.3 Å². The van der Waals surface area contributed by atoms with Gasteiger partial charge in [-0.05, 0) is 72.1 Å². The molecule has 0 saturated carbocycles. The number of carboxylic acids is 1. The standard InChI is InChI=1S/C28H20Cl2N2O5S/c29-25-10-7-22(15-26(25)30)37-21-5-8-23(9-6-21)38(35,36)32-17-20(4-12-28(33)34)24-14-18(3-11-27(24)32)19-2-1-13-31-16-19/h1-3,5-11,13-17H,4,12H2,(H,33,34). The number of fused-ring (bicyclic) bond motifs is 1. The number of hydrogen-bond donors (Lipinski definition) is 1. The number of aliphatic carboxylic acids is 1. The number of aromatic nitrogens is 2. The number of rotatable bonds is 8. The highest BCUT2D eigenvalue weighted by atomic mass is 35.5. The molecular formula is C28H20Cl2N2O5S. The van der Waals surface area contributed by atoms with Crippen LogP contribution in [0.3, 0.4) is 0 Å². The Kier molecular flexibility index (Phi) is 7.12. The molecule has 0 atom stereocenters. The van der Waals surface area contributed by atoms with Gasteiger partial charge in [0.25, 0.3) is 10.0 Å². The summed E-state index contributed by atoms with van der Waals surface area (Å²) < 4.78 is 34.3. The van der Waals surface area contributed by atoms with Crippen LogP contribution in [0.1, 0.15) is 12.0 Å². The fourth-order valence-electron chi connectivity index (χ4n) is 4.09. The first kappa shape index (κ1) is 25.8. The van der Waals surface area contributed by atoms with Gasteiger partial charge in [-0.1, -0.05) is 35.3 Å². The summed E-state index contributed by atoms with van der Waals surface area (Å²) in [5.74, 6) is -0.0865. The normalized spacial score (nSPS) is 11.5. The molecule has 2 heterocycles. The Morgan fingerprint density at radius 2 is 1.68 bits per heavy atom. The minimum absolute atomic E-state index is 0.0528. The lowest BCUT2D eigenvalue weighted by Gasteiger charge is -2.10. The predicted octanol–water partition coefficient (Wildman–Crippen LogP) is 7.06. The molecule has 0 unspecified atom stereocenters. The summed E-state index contributed by atoms with van der Waals surface area (Å²) in [4.78, 5) is 15.5. The van der Waals surface area contributed by atoms with Gasteiger partial charge in [-0.3, -0.25) is 9.78 Å². The largest absolute Gasteiger partial charge is 0.481 e. The van der Waals surface area contributed by atoms with Gasteiger partial charge in [0.05, 0.1) is 20.5 Å². The zero-order valence-corrected chi connectivity index (χ0v) is 22.0. The second-order valence-electron chi connectivity index (χ2n) is 8.47. The van der Waals surface area contributed by atoms with Crippen LogP contribution in [0.25, 0.3) is 22.0 Å². The van der Waals surface area contributed by atoms with Crippen molar-refractivity contribution in [1.29, 1.82) is 0 Å². The van der Waals surface area contributed by atoms with Crippen LogP contribution in [0.5, 0.6) is 11.5 Å². The molecule has 0 aliphatic carbocycles. The maximum absolute atomic E-state index is 13.7. The van der Waals surface area contributed by atoms with Gasteiger partial charge in [-0.2, -0.15) is 0 Å². The first-order valence-corrected chi connectivity index (χ1v) is 13.7. The summed E-state index contributed by atoms with van der Waals surface area (Å²) in [5.41, 5.74) is 2.79. The molecule has 3 aromatic carbocycles. The van der Waals surface area contributed by atoms with Crippen molar-refractivity contribution < 1.29 is 23.1 Å². The Hall–Kier alpha value is -3.85. The van der Waals surface area contributed by atoms with Crippen LogP contribution in [0.2, 0.25) is 10.0 Å². The van der Waals surface area contributed by atoms with Gasteiger partial charge < -0.3 is 9.84 Å². The lowest BCUT2D eigenvalue weighted by Crippen LogP contribution is -2.11. The van der Waals surface area contributed by atoms with E-state index in [-0.39, 0.29) is 17.7 Å². The summed E-state index contributed by atoms with van der Waals surface area (Å²) in [6.07, 6.45) is 4.94. The molecule has 0 bridgehead atoms. The molecular weight excluding hydrogens is 547 g/mol. The third-order valence-electron chi connectivity index (χ3n) is 5.96. The van der Waals surface area contributed by atoms with Crippen LogP contribution in [0, 0.1) is 0 Å². The van der Waals surface area contributed by atoms with Crippen molar-refractivity contribution in [2.75, 3.05) is 0 Å². The minimum Gasteiger partial charge on any atom is -0.481 e. The monoisotopic (exact) mass is 566 g/mol. The number of carbonyl (C=O) groups is 1. The van der Waals surface area contributed by atoms with E-state index in [0.29, 0.717) is 38.0 Å². The SMILES string of the molecule is O=C(O)CCc1cn(S(=O)(=O)c2ccc(Oc3ccc(Cl)c(Cl)c3)cc2)c2ccc(-c3cccnc3)cc12. The van der Waals surface area contributed by atoms with Crippen LogP contribution in [0.4, 0.5) is 0 Å². The molecule has 0 spiro atoms. The second-order valence-corrected chi connectivity index (χ2v) is 11.1. The topological polar surface area (TPSA) is 98.5 Å². The molecule has 7 nitrogen and oxygen atoms in total. The molecule has 38 heavy (non-hydrogen) atoms. The summed E-state index contributed by atoms with van der Waals surface area (Å²) in [7, 11) is -4.00. The summed E-state index contributed by atoms with van der Waals surface area (Å²) in [6.45, 7) is 0. The number of benzene rings is 3. The predicted molar refractivity (Wildman–Crippen MR) is 147 cm³/mol. The van der Waals surface area contributed by atoms with Crippen LogP contribution >= 0.6 is 23.2 Å². The Morgan fingerprint density at radius 3 is 2.37 bits per heavy atom. The van der Waals surface area contributed by atoms with Gasteiger partial charge >= 0.3 is 5.97 Å². The van der Waals surface area contributed by atoms with E-state index in [0.717, 1.165) is 11.1 Å². The van der Waals surface area contributed by atoms with Gasteiger partial charge in [0.2, 0.25) is 0 Å². The van der Waals surface area contributed by atoms with Crippen molar-refractivity contribution in [3.63, 3.8) is 0 Å². The molecule has 5 rings (SSSR count). The molecule has 5 aromatic rings. The number of ether oxygens (including phenoxy) is 1. The molecule has 0 aliphatic rings.